The molecule has 4 aromatic carbocycles. The maximum atomic E-state index is 12.4. The zero-order chi connectivity index (χ0) is 27.1. The largest absolute Gasteiger partial charge is 0.497 e. The van der Waals surface area contributed by atoms with Crippen LogP contribution in [0.2, 0.25) is 0 Å². The van der Waals surface area contributed by atoms with Crippen LogP contribution in [0.3, 0.4) is 0 Å². The zero-order valence-corrected chi connectivity index (χ0v) is 23.0. The smallest absolute Gasteiger partial charge is 0.131 e. The van der Waals surface area contributed by atoms with Gasteiger partial charge >= 0.3 is 0 Å². The molecule has 3 aliphatic rings. The Morgan fingerprint density at radius 1 is 1.00 bits per heavy atom. The van der Waals surface area contributed by atoms with Crippen molar-refractivity contribution in [2.45, 2.75) is 31.5 Å². The van der Waals surface area contributed by atoms with Crippen molar-refractivity contribution in [3.05, 3.63) is 109 Å². The molecule has 8 rings (SSSR count). The number of piperidine rings is 2. The summed E-state index contributed by atoms with van der Waals surface area (Å²) in [6.07, 6.45) is 5.64. The Kier molecular flexibility index (Phi) is 5.20. The van der Waals surface area contributed by atoms with E-state index in [-0.39, 0.29) is 11.5 Å². The summed E-state index contributed by atoms with van der Waals surface area (Å²) in [5.74, 6) is 2.15. The lowest BCUT2D eigenvalue weighted by molar-refractivity contribution is -0.975. The summed E-state index contributed by atoms with van der Waals surface area (Å²) in [4.78, 5) is 4.61. The van der Waals surface area contributed by atoms with Crippen molar-refractivity contribution in [1.29, 1.82) is 0 Å². The average Bonchev–Trinajstić information content (AvgIpc) is 3.69. The fourth-order valence-corrected chi connectivity index (χ4v) is 8.83. The highest BCUT2D eigenvalue weighted by molar-refractivity contribution is 6.02. The second kappa shape index (κ2) is 8.63. The van der Waals surface area contributed by atoms with Crippen LogP contribution in [0.15, 0.2) is 97.7 Å². The van der Waals surface area contributed by atoms with E-state index in [1.807, 2.05) is 30.5 Å². The van der Waals surface area contributed by atoms with Crippen LogP contribution in [0.25, 0.3) is 32.4 Å². The third kappa shape index (κ3) is 3.30. The molecule has 4 unspecified atom stereocenters. The van der Waals surface area contributed by atoms with Crippen LogP contribution < -0.4 is 4.74 Å². The zero-order valence-electron chi connectivity index (χ0n) is 23.0. The fourth-order valence-electron chi connectivity index (χ4n) is 8.83. The minimum absolute atomic E-state index is 0.0660. The first kappa shape index (κ1) is 24.1. The topological polar surface area (TPSA) is 42.4 Å². The number of pyridine rings is 1. The number of nitrogens with zero attached hydrogens (tertiary/aromatic N) is 2. The number of methoxy groups -OCH3 is 1. The van der Waals surface area contributed by atoms with Crippen molar-refractivity contribution >= 4 is 32.4 Å². The summed E-state index contributed by atoms with van der Waals surface area (Å²) in [7, 11) is 1.69. The molecule has 4 nitrogen and oxygen atoms in total. The predicted octanol–water partition coefficient (Wildman–Crippen LogP) is 7.19. The number of allylic oxidation sites excluding steroid dienone is 1. The Hall–Kier alpha value is -3.73. The molecule has 6 atom stereocenters. The van der Waals surface area contributed by atoms with E-state index in [2.05, 4.69) is 72.2 Å². The Morgan fingerprint density at radius 2 is 1.75 bits per heavy atom. The molecule has 3 fully saturated rings. The van der Waals surface area contributed by atoms with Crippen LogP contribution >= 0.6 is 0 Å². The summed E-state index contributed by atoms with van der Waals surface area (Å²) < 4.78 is 6.48. The van der Waals surface area contributed by atoms with Gasteiger partial charge in [-0.05, 0) is 63.4 Å². The predicted molar refractivity (Wildman–Crippen MR) is 161 cm³/mol. The molecule has 1 saturated carbocycles. The van der Waals surface area contributed by atoms with Crippen molar-refractivity contribution < 1.29 is 14.3 Å². The van der Waals surface area contributed by atoms with E-state index in [4.69, 9.17) is 4.74 Å². The van der Waals surface area contributed by atoms with Crippen LogP contribution in [0, 0.1) is 17.3 Å². The molecule has 40 heavy (non-hydrogen) atoms. The Balaban J connectivity index is 1.30. The normalized spacial score (nSPS) is 29.4. The first-order valence-electron chi connectivity index (χ1n) is 14.6. The monoisotopic (exact) mass is 527 g/mol. The van der Waals surface area contributed by atoms with E-state index < -0.39 is 6.10 Å². The van der Waals surface area contributed by atoms with E-state index in [0.29, 0.717) is 11.8 Å². The summed E-state index contributed by atoms with van der Waals surface area (Å²) in [5.41, 5.74) is 3.42. The van der Waals surface area contributed by atoms with Gasteiger partial charge in [0.05, 0.1) is 25.7 Å². The number of hydrogen-bond donors (Lipinski definition) is 1. The SMILES string of the molecule is C=CC12C[C@@H]([C@H](O)c3ccnc4ccc(OC)cc34)[N+]3(Cc4c5ccccc5cc5ccccc45)CCC1C2C3. The number of aromatic nitrogens is 1. The summed E-state index contributed by atoms with van der Waals surface area (Å²) in [6, 6.07) is 28.0. The van der Waals surface area contributed by atoms with Crippen LogP contribution in [-0.2, 0) is 6.54 Å². The minimum atomic E-state index is -0.615. The van der Waals surface area contributed by atoms with Gasteiger partial charge in [-0.2, -0.15) is 0 Å². The number of ether oxygens (including phenoxy) is 1. The van der Waals surface area contributed by atoms with E-state index in [9.17, 15) is 5.11 Å². The molecule has 4 heteroatoms. The van der Waals surface area contributed by atoms with E-state index in [1.54, 1.807) is 7.11 Å². The van der Waals surface area contributed by atoms with Crippen molar-refractivity contribution in [2.24, 2.45) is 17.3 Å². The van der Waals surface area contributed by atoms with E-state index in [1.165, 1.54) is 33.5 Å². The number of benzene rings is 4. The highest BCUT2D eigenvalue weighted by Crippen LogP contribution is 2.71. The second-order valence-corrected chi connectivity index (χ2v) is 12.4. The quantitative estimate of drug-likeness (QED) is 0.144. The van der Waals surface area contributed by atoms with Gasteiger partial charge in [0.1, 0.15) is 24.4 Å². The maximum absolute atomic E-state index is 12.4. The molecular weight excluding hydrogens is 492 g/mol. The molecular formula is C36H35N2O2+. The molecule has 0 amide bonds. The van der Waals surface area contributed by atoms with Crippen LogP contribution in [0.1, 0.15) is 30.1 Å². The number of quaternary nitrogens is 1. The molecule has 2 bridgehead atoms. The van der Waals surface area contributed by atoms with Crippen LogP contribution in [-0.4, -0.2) is 40.8 Å². The average molecular weight is 528 g/mol. The van der Waals surface area contributed by atoms with Gasteiger partial charge in [-0.3, -0.25) is 4.98 Å². The second-order valence-electron chi connectivity index (χ2n) is 12.4. The first-order valence-corrected chi connectivity index (χ1v) is 14.6. The standard InChI is InChI=1S/C36H35N2O2/c1-3-36-20-34(35(39)28-14-16-37-33-13-12-25(40-2)19-29(28)33)38(17-15-31(36)32(36)22-38)21-30-26-10-6-4-8-23(26)18-24-9-5-7-11-27(24)30/h3-14,16,18-19,31-32,34-35,39H,1,15,17,20-22H2,2H3/q+1/t31?,32?,34-,35+,36?,38?/m0/s1. The number of aliphatic hydroxyl groups is 1. The Morgan fingerprint density at radius 3 is 2.48 bits per heavy atom. The van der Waals surface area contributed by atoms with Crippen molar-refractivity contribution in [3.63, 3.8) is 0 Å². The molecule has 0 spiro atoms. The molecule has 1 aromatic heterocycles. The van der Waals surface area contributed by atoms with Gasteiger partial charge in [0, 0.05) is 41.3 Å². The molecule has 2 saturated heterocycles. The summed E-state index contributed by atoms with van der Waals surface area (Å²) >= 11 is 0. The molecule has 0 radical (unpaired) electrons. The van der Waals surface area contributed by atoms with Gasteiger partial charge < -0.3 is 14.3 Å². The highest BCUT2D eigenvalue weighted by Gasteiger charge is 2.74. The Bertz CT molecular complexity index is 1760. The summed E-state index contributed by atoms with van der Waals surface area (Å²) in [5, 5.41) is 18.6. The molecule has 1 aliphatic carbocycles. The van der Waals surface area contributed by atoms with Gasteiger partial charge in [0.25, 0.3) is 0 Å². The lowest BCUT2D eigenvalue weighted by Crippen LogP contribution is -2.62. The first-order chi connectivity index (χ1) is 19.6. The lowest BCUT2D eigenvalue weighted by Gasteiger charge is -2.51. The lowest BCUT2D eigenvalue weighted by atomic mass is 9.82. The van der Waals surface area contributed by atoms with Crippen molar-refractivity contribution in [1.82, 2.24) is 4.98 Å². The van der Waals surface area contributed by atoms with E-state index >= 15 is 0 Å². The number of aliphatic hydroxyl groups excluding tert-OH is 1. The van der Waals surface area contributed by atoms with Gasteiger partial charge in [0.15, 0.2) is 0 Å². The van der Waals surface area contributed by atoms with Crippen LogP contribution in [0.4, 0.5) is 0 Å². The van der Waals surface area contributed by atoms with Crippen LogP contribution in [0.5, 0.6) is 5.75 Å². The highest BCUT2D eigenvalue weighted by atomic mass is 16.5. The van der Waals surface area contributed by atoms with Gasteiger partial charge in [-0.1, -0.05) is 54.6 Å². The molecule has 1 N–H and O–H groups in total. The Labute approximate surface area is 235 Å². The molecule has 200 valence electrons. The van der Waals surface area contributed by atoms with Gasteiger partial charge in [-0.15, -0.1) is 6.58 Å². The number of fused-ring (bicyclic) bond motifs is 5. The van der Waals surface area contributed by atoms with E-state index in [0.717, 1.165) is 52.8 Å². The maximum Gasteiger partial charge on any atom is 0.131 e. The fraction of sp³-hybridized carbons (Fsp3) is 0.306. The third-order valence-corrected chi connectivity index (χ3v) is 10.9. The number of hydrogen-bond acceptors (Lipinski definition) is 3. The molecule has 3 heterocycles. The van der Waals surface area contributed by atoms with Gasteiger partial charge in [0.2, 0.25) is 0 Å². The molecule has 2 aliphatic heterocycles. The molecule has 5 aromatic rings. The third-order valence-electron chi connectivity index (χ3n) is 10.9. The van der Waals surface area contributed by atoms with Crippen molar-refractivity contribution in [2.75, 3.05) is 20.2 Å². The minimum Gasteiger partial charge on any atom is -0.497 e. The summed E-state index contributed by atoms with van der Waals surface area (Å²) in [6.45, 7) is 7.44. The number of rotatable bonds is 6. The van der Waals surface area contributed by atoms with Gasteiger partial charge in [-0.25, -0.2) is 0 Å². The van der Waals surface area contributed by atoms with Crippen molar-refractivity contribution in [3.8, 4) is 5.75 Å².